The largest absolute Gasteiger partial charge is 0.493 e. The third-order valence-electron chi connectivity index (χ3n) is 3.17. The van der Waals surface area contributed by atoms with E-state index in [1.54, 1.807) is 14.0 Å². The molecule has 4 nitrogen and oxygen atoms in total. The van der Waals surface area contributed by atoms with Crippen molar-refractivity contribution in [3.05, 3.63) is 29.8 Å². The number of likely N-dealkylation sites (N-methyl/N-ethyl adjacent to an activating group) is 1. The van der Waals surface area contributed by atoms with Gasteiger partial charge >= 0.3 is 5.97 Å². The summed E-state index contributed by atoms with van der Waals surface area (Å²) in [7, 11) is 3.00. The van der Waals surface area contributed by atoms with Crippen molar-refractivity contribution in [1.29, 1.82) is 0 Å². The average molecular weight is 287 g/mol. The lowest BCUT2D eigenvalue weighted by molar-refractivity contribution is -0.148. The Balaban J connectivity index is 2.44. The summed E-state index contributed by atoms with van der Waals surface area (Å²) in [4.78, 5) is 11.6. The molecule has 1 aromatic rings. The molecule has 1 rings (SSSR count). The molecule has 0 spiro atoms. The van der Waals surface area contributed by atoms with Gasteiger partial charge in [0.1, 0.15) is 11.3 Å². The maximum Gasteiger partial charge on any atom is 0.325 e. The van der Waals surface area contributed by atoms with Crippen LogP contribution < -0.4 is 10.1 Å². The van der Waals surface area contributed by atoms with E-state index in [2.05, 4.69) is 5.32 Å². The third kappa shape index (κ3) is 4.16. The van der Waals surface area contributed by atoms with Crippen LogP contribution >= 0.6 is 0 Å². The van der Waals surface area contributed by atoms with E-state index in [1.165, 1.54) is 13.2 Å². The number of carbonyl (C=O) groups excluding carboxylic acids is 1. The summed E-state index contributed by atoms with van der Waals surface area (Å²) in [5.41, 5.74) is -0.786. The molecule has 0 fully saturated rings. The van der Waals surface area contributed by atoms with Crippen LogP contribution in [0.2, 0.25) is 0 Å². The van der Waals surface area contributed by atoms with Crippen LogP contribution in [0.15, 0.2) is 18.2 Å². The molecule has 0 aliphatic carbocycles. The number of nitrogens with one attached hydrogen (secondary N) is 1. The second-order valence-corrected chi connectivity index (χ2v) is 4.60. The Labute approximate surface area is 117 Å². The van der Waals surface area contributed by atoms with Crippen LogP contribution in [-0.4, -0.2) is 32.3 Å². The van der Waals surface area contributed by atoms with E-state index in [1.807, 2.05) is 0 Å². The van der Waals surface area contributed by atoms with Crippen LogP contribution in [0, 0.1) is 11.6 Å². The zero-order valence-electron chi connectivity index (χ0n) is 11.8. The molecule has 1 aromatic carbocycles. The molecule has 6 heteroatoms. The number of ether oxygens (including phenoxy) is 2. The van der Waals surface area contributed by atoms with E-state index in [0.717, 1.165) is 12.1 Å². The Kier molecular flexibility index (Phi) is 5.88. The number of hydrogen-bond donors (Lipinski definition) is 1. The molecular weight excluding hydrogens is 268 g/mol. The van der Waals surface area contributed by atoms with Crippen molar-refractivity contribution in [3.8, 4) is 5.75 Å². The van der Waals surface area contributed by atoms with Crippen molar-refractivity contribution in [2.45, 2.75) is 25.3 Å². The molecular formula is C14H19F2NO3. The Morgan fingerprint density at radius 3 is 2.60 bits per heavy atom. The van der Waals surface area contributed by atoms with Gasteiger partial charge in [0.05, 0.1) is 13.7 Å². The molecule has 0 saturated heterocycles. The molecule has 0 aliphatic heterocycles. The molecule has 0 bridgehead atoms. The lowest BCUT2D eigenvalue weighted by atomic mass is 9.96. The summed E-state index contributed by atoms with van der Waals surface area (Å²) in [5, 5.41) is 2.90. The molecule has 1 N–H and O–H groups in total. The number of benzene rings is 1. The van der Waals surface area contributed by atoms with Crippen LogP contribution in [0.4, 0.5) is 8.78 Å². The fourth-order valence-electron chi connectivity index (χ4n) is 1.74. The zero-order chi connectivity index (χ0) is 15.2. The van der Waals surface area contributed by atoms with Gasteiger partial charge in [0.2, 0.25) is 0 Å². The van der Waals surface area contributed by atoms with Gasteiger partial charge < -0.3 is 14.8 Å². The van der Waals surface area contributed by atoms with Crippen LogP contribution in [-0.2, 0) is 9.53 Å². The van der Waals surface area contributed by atoms with Gasteiger partial charge in [0.25, 0.3) is 0 Å². The molecule has 0 aliphatic rings. The van der Waals surface area contributed by atoms with Crippen molar-refractivity contribution in [2.24, 2.45) is 0 Å². The fourth-order valence-corrected chi connectivity index (χ4v) is 1.74. The fraction of sp³-hybridized carbons (Fsp3) is 0.500. The quantitative estimate of drug-likeness (QED) is 0.617. The summed E-state index contributed by atoms with van der Waals surface area (Å²) in [6, 6.07) is 3.36. The lowest BCUT2D eigenvalue weighted by Gasteiger charge is -2.25. The van der Waals surface area contributed by atoms with Crippen LogP contribution in [0.1, 0.15) is 19.8 Å². The van der Waals surface area contributed by atoms with E-state index >= 15 is 0 Å². The highest BCUT2D eigenvalue weighted by Crippen LogP contribution is 2.17. The summed E-state index contributed by atoms with van der Waals surface area (Å²) in [5.74, 6) is -1.95. The molecule has 0 radical (unpaired) electrons. The Morgan fingerprint density at radius 2 is 2.05 bits per heavy atom. The van der Waals surface area contributed by atoms with Gasteiger partial charge in [-0.1, -0.05) is 0 Å². The molecule has 1 unspecified atom stereocenters. The van der Waals surface area contributed by atoms with Crippen molar-refractivity contribution < 1.29 is 23.0 Å². The van der Waals surface area contributed by atoms with Gasteiger partial charge in [-0.05, 0) is 38.9 Å². The van der Waals surface area contributed by atoms with Crippen molar-refractivity contribution in [3.63, 3.8) is 0 Å². The maximum absolute atomic E-state index is 13.0. The van der Waals surface area contributed by atoms with E-state index < -0.39 is 17.2 Å². The minimum absolute atomic E-state index is 0.258. The highest BCUT2D eigenvalue weighted by Gasteiger charge is 2.31. The average Bonchev–Trinajstić information content (AvgIpc) is 2.46. The number of methoxy groups -OCH3 is 1. The van der Waals surface area contributed by atoms with Gasteiger partial charge in [0.15, 0.2) is 11.6 Å². The normalized spacial score (nSPS) is 13.7. The van der Waals surface area contributed by atoms with Gasteiger partial charge in [-0.25, -0.2) is 8.78 Å². The van der Waals surface area contributed by atoms with Crippen LogP contribution in [0.25, 0.3) is 0 Å². The standard InChI is InChI=1S/C14H19F2NO3/c1-14(17-2,13(18)19-3)7-4-8-20-10-5-6-11(15)12(16)9-10/h5-6,9,17H,4,7-8H2,1-3H3. The number of hydrogen-bond acceptors (Lipinski definition) is 4. The summed E-state index contributed by atoms with van der Waals surface area (Å²) in [6.07, 6.45) is 1.06. The molecule has 112 valence electrons. The number of carbonyl (C=O) groups is 1. The highest BCUT2D eigenvalue weighted by atomic mass is 19.2. The Morgan fingerprint density at radius 1 is 1.35 bits per heavy atom. The maximum atomic E-state index is 13.0. The first-order valence-electron chi connectivity index (χ1n) is 6.28. The predicted molar refractivity (Wildman–Crippen MR) is 70.6 cm³/mol. The summed E-state index contributed by atoms with van der Waals surface area (Å²) >= 11 is 0. The second-order valence-electron chi connectivity index (χ2n) is 4.60. The first kappa shape index (κ1) is 16.4. The first-order chi connectivity index (χ1) is 9.42. The highest BCUT2D eigenvalue weighted by molar-refractivity contribution is 5.80. The second kappa shape index (κ2) is 7.19. The lowest BCUT2D eigenvalue weighted by Crippen LogP contribution is -2.48. The minimum Gasteiger partial charge on any atom is -0.493 e. The molecule has 1 atom stereocenters. The molecule has 0 saturated carbocycles. The molecule has 0 amide bonds. The van der Waals surface area contributed by atoms with Gasteiger partial charge in [-0.15, -0.1) is 0 Å². The minimum atomic E-state index is -0.947. The summed E-state index contributed by atoms with van der Waals surface area (Å²) < 4.78 is 35.7. The first-order valence-corrected chi connectivity index (χ1v) is 6.28. The smallest absolute Gasteiger partial charge is 0.325 e. The monoisotopic (exact) mass is 287 g/mol. The van der Waals surface area contributed by atoms with E-state index in [-0.39, 0.29) is 11.7 Å². The topological polar surface area (TPSA) is 47.6 Å². The van der Waals surface area contributed by atoms with Crippen LogP contribution in [0.5, 0.6) is 5.75 Å². The molecule has 20 heavy (non-hydrogen) atoms. The summed E-state index contributed by atoms with van der Waals surface area (Å²) in [6.45, 7) is 2.02. The zero-order valence-corrected chi connectivity index (χ0v) is 11.8. The van der Waals surface area contributed by atoms with Crippen molar-refractivity contribution in [1.82, 2.24) is 5.32 Å². The van der Waals surface area contributed by atoms with Gasteiger partial charge in [-0.3, -0.25) is 4.79 Å². The Hall–Kier alpha value is -1.69. The predicted octanol–water partition coefficient (Wildman–Crippen LogP) is 2.27. The number of rotatable bonds is 7. The molecule has 0 aromatic heterocycles. The third-order valence-corrected chi connectivity index (χ3v) is 3.17. The van der Waals surface area contributed by atoms with Gasteiger partial charge in [-0.2, -0.15) is 0 Å². The van der Waals surface area contributed by atoms with E-state index in [9.17, 15) is 13.6 Å². The number of esters is 1. The Bertz CT molecular complexity index is 468. The van der Waals surface area contributed by atoms with E-state index in [4.69, 9.17) is 9.47 Å². The SMILES string of the molecule is CNC(C)(CCCOc1ccc(F)c(F)c1)C(=O)OC. The van der Waals surface area contributed by atoms with Crippen molar-refractivity contribution >= 4 is 5.97 Å². The van der Waals surface area contributed by atoms with Gasteiger partial charge in [0, 0.05) is 6.07 Å². The number of halogens is 2. The van der Waals surface area contributed by atoms with Crippen molar-refractivity contribution in [2.75, 3.05) is 20.8 Å². The molecule has 0 heterocycles. The van der Waals surface area contributed by atoms with Crippen LogP contribution in [0.3, 0.4) is 0 Å². The van der Waals surface area contributed by atoms with E-state index in [0.29, 0.717) is 19.4 Å².